The molecule has 2 unspecified atom stereocenters. The van der Waals surface area contributed by atoms with Gasteiger partial charge in [-0.05, 0) is 25.1 Å². The van der Waals surface area contributed by atoms with Crippen molar-refractivity contribution >= 4 is 36.8 Å². The number of ether oxygens (including phenoxy) is 2. The topological polar surface area (TPSA) is 82.1 Å². The molecule has 0 aromatic heterocycles. The van der Waals surface area contributed by atoms with Crippen molar-refractivity contribution in [2.45, 2.75) is 12.8 Å². The van der Waals surface area contributed by atoms with E-state index in [1.807, 2.05) is 6.92 Å². The molecule has 0 heterocycles. The Morgan fingerprint density at radius 2 is 1.85 bits per heavy atom. The minimum atomic E-state index is -4.23. The van der Waals surface area contributed by atoms with E-state index in [-0.39, 0.29) is 10.8 Å². The van der Waals surface area contributed by atoms with Crippen molar-refractivity contribution < 1.29 is 28.3 Å². The molecule has 0 fully saturated rings. The highest BCUT2D eigenvalue weighted by molar-refractivity contribution is 7.53. The van der Waals surface area contributed by atoms with Crippen LogP contribution in [0, 0.1) is 6.92 Å². The van der Waals surface area contributed by atoms with Crippen LogP contribution in [0.1, 0.15) is 17.0 Å². The molecule has 2 rings (SSSR count). The van der Waals surface area contributed by atoms with Crippen molar-refractivity contribution in [1.29, 1.82) is 0 Å². The molecule has 0 saturated carbocycles. The summed E-state index contributed by atoms with van der Waals surface area (Å²) in [6.45, 7) is 1.36. The maximum Gasteiger partial charge on any atom is 0.372 e. The lowest BCUT2D eigenvalue weighted by molar-refractivity contribution is -0.149. The molecule has 0 amide bonds. The van der Waals surface area contributed by atoms with Crippen LogP contribution in [0.3, 0.4) is 0 Å². The highest BCUT2D eigenvalue weighted by Gasteiger charge is 2.36. The van der Waals surface area contributed by atoms with Gasteiger partial charge in [0.2, 0.25) is 5.85 Å². The number of hydrogen-bond donors (Lipinski definition) is 1. The van der Waals surface area contributed by atoms with Gasteiger partial charge in [0.1, 0.15) is 5.75 Å². The molecular formula is C17H17Cl2O6P. The Hall–Kier alpha value is -1.56. The van der Waals surface area contributed by atoms with E-state index >= 15 is 0 Å². The summed E-state index contributed by atoms with van der Waals surface area (Å²) in [6.07, 6.45) is 0. The summed E-state index contributed by atoms with van der Waals surface area (Å²) < 4.78 is 27.3. The van der Waals surface area contributed by atoms with Crippen molar-refractivity contribution in [2.24, 2.45) is 0 Å². The number of hydrogen-bond acceptors (Lipinski definition) is 5. The standard InChI is InChI=1S/C17H17Cl2O6P/c1-11-3-5-12(6-4-11)17(26(21,22)23-2)25-16(20)10-24-15-8-7-13(18)9-14(15)19/h3-9,17H,10H2,1-2H3,(H,21,22). The first-order chi connectivity index (χ1) is 12.2. The molecule has 0 saturated heterocycles. The Kier molecular flexibility index (Phi) is 7.09. The average molecular weight is 419 g/mol. The van der Waals surface area contributed by atoms with Crippen molar-refractivity contribution in [3.63, 3.8) is 0 Å². The first kappa shape index (κ1) is 20.7. The van der Waals surface area contributed by atoms with E-state index in [4.69, 9.17) is 32.7 Å². The van der Waals surface area contributed by atoms with Crippen molar-refractivity contribution in [3.05, 3.63) is 63.6 Å². The minimum Gasteiger partial charge on any atom is -0.480 e. The smallest absolute Gasteiger partial charge is 0.372 e. The zero-order chi connectivity index (χ0) is 19.3. The lowest BCUT2D eigenvalue weighted by Gasteiger charge is -2.22. The van der Waals surface area contributed by atoms with Crippen LogP contribution in [0.2, 0.25) is 10.0 Å². The molecule has 0 spiro atoms. The van der Waals surface area contributed by atoms with Crippen LogP contribution in [-0.4, -0.2) is 24.6 Å². The fraction of sp³-hybridized carbons (Fsp3) is 0.235. The van der Waals surface area contributed by atoms with Gasteiger partial charge in [0, 0.05) is 17.7 Å². The number of carbonyl (C=O) groups is 1. The van der Waals surface area contributed by atoms with Gasteiger partial charge in [-0.3, -0.25) is 4.57 Å². The average Bonchev–Trinajstić information content (AvgIpc) is 2.59. The van der Waals surface area contributed by atoms with Crippen molar-refractivity contribution in [2.75, 3.05) is 13.7 Å². The van der Waals surface area contributed by atoms with E-state index in [9.17, 15) is 14.3 Å². The molecule has 9 heteroatoms. The molecular weight excluding hydrogens is 402 g/mol. The van der Waals surface area contributed by atoms with E-state index in [1.165, 1.54) is 12.1 Å². The number of carbonyl (C=O) groups excluding carboxylic acids is 1. The van der Waals surface area contributed by atoms with E-state index < -0.39 is 26.0 Å². The highest BCUT2D eigenvalue weighted by Crippen LogP contribution is 2.56. The minimum absolute atomic E-state index is 0.227. The molecule has 0 radical (unpaired) electrons. The summed E-state index contributed by atoms with van der Waals surface area (Å²) in [6, 6.07) is 11.2. The Bertz CT molecular complexity index is 825. The van der Waals surface area contributed by atoms with Crippen molar-refractivity contribution in [3.8, 4) is 5.75 Å². The van der Waals surface area contributed by atoms with Gasteiger partial charge in [0.25, 0.3) is 0 Å². The summed E-state index contributed by atoms with van der Waals surface area (Å²) in [4.78, 5) is 22.1. The normalized spacial score (nSPS) is 14.3. The second kappa shape index (κ2) is 8.89. The zero-order valence-corrected chi connectivity index (χ0v) is 16.4. The Morgan fingerprint density at radius 1 is 1.19 bits per heavy atom. The predicted molar refractivity (Wildman–Crippen MR) is 98.8 cm³/mol. The van der Waals surface area contributed by atoms with Gasteiger partial charge >= 0.3 is 13.6 Å². The maximum atomic E-state index is 12.2. The number of halogens is 2. The molecule has 6 nitrogen and oxygen atoms in total. The summed E-state index contributed by atoms with van der Waals surface area (Å²) >= 11 is 11.7. The van der Waals surface area contributed by atoms with Crippen LogP contribution in [-0.2, 0) is 18.6 Å². The Morgan fingerprint density at radius 3 is 2.42 bits per heavy atom. The summed E-state index contributed by atoms with van der Waals surface area (Å²) in [5.74, 6) is -2.09. The van der Waals surface area contributed by atoms with Gasteiger partial charge in [-0.2, -0.15) is 0 Å². The molecule has 0 aliphatic carbocycles. The first-order valence-electron chi connectivity index (χ1n) is 7.45. The number of aryl methyl sites for hydroxylation is 1. The number of benzene rings is 2. The van der Waals surface area contributed by atoms with Gasteiger partial charge in [-0.15, -0.1) is 0 Å². The third kappa shape index (κ3) is 5.47. The Balaban J connectivity index is 2.11. The van der Waals surface area contributed by atoms with Gasteiger partial charge < -0.3 is 18.9 Å². The molecule has 0 aliphatic heterocycles. The lowest BCUT2D eigenvalue weighted by atomic mass is 10.2. The second-order valence-corrected chi connectivity index (χ2v) is 8.17. The van der Waals surface area contributed by atoms with Crippen LogP contribution in [0.4, 0.5) is 0 Å². The van der Waals surface area contributed by atoms with E-state index in [0.717, 1.165) is 12.7 Å². The van der Waals surface area contributed by atoms with Crippen LogP contribution >= 0.6 is 30.8 Å². The molecule has 0 bridgehead atoms. The highest BCUT2D eigenvalue weighted by atomic mass is 35.5. The Labute approximate surface area is 161 Å². The molecule has 0 aliphatic rings. The van der Waals surface area contributed by atoms with Crippen LogP contribution < -0.4 is 4.74 Å². The predicted octanol–water partition coefficient (Wildman–Crippen LogP) is 4.75. The van der Waals surface area contributed by atoms with E-state index in [2.05, 4.69) is 4.52 Å². The lowest BCUT2D eigenvalue weighted by Crippen LogP contribution is -2.19. The van der Waals surface area contributed by atoms with E-state index in [1.54, 1.807) is 30.3 Å². The van der Waals surface area contributed by atoms with Crippen LogP contribution in [0.5, 0.6) is 5.75 Å². The van der Waals surface area contributed by atoms with Gasteiger partial charge in [0.15, 0.2) is 6.61 Å². The zero-order valence-electron chi connectivity index (χ0n) is 14.0. The van der Waals surface area contributed by atoms with Crippen molar-refractivity contribution in [1.82, 2.24) is 0 Å². The monoisotopic (exact) mass is 418 g/mol. The molecule has 2 aromatic carbocycles. The SMILES string of the molecule is COP(=O)(O)C(OC(=O)COc1ccc(Cl)cc1Cl)c1ccc(C)cc1. The first-order valence-corrected chi connectivity index (χ1v) is 9.85. The fourth-order valence-electron chi connectivity index (χ4n) is 2.04. The maximum absolute atomic E-state index is 12.2. The molecule has 2 aromatic rings. The molecule has 2 atom stereocenters. The van der Waals surface area contributed by atoms with Gasteiger partial charge in [0.05, 0.1) is 5.02 Å². The molecule has 26 heavy (non-hydrogen) atoms. The second-order valence-electron chi connectivity index (χ2n) is 5.36. The molecule has 1 N–H and O–H groups in total. The van der Waals surface area contributed by atoms with Gasteiger partial charge in [-0.25, -0.2) is 4.79 Å². The summed E-state index contributed by atoms with van der Waals surface area (Å²) in [5.41, 5.74) is 1.28. The van der Waals surface area contributed by atoms with Gasteiger partial charge in [-0.1, -0.05) is 53.0 Å². The number of rotatable bonds is 7. The third-order valence-electron chi connectivity index (χ3n) is 3.40. The largest absolute Gasteiger partial charge is 0.480 e. The summed E-state index contributed by atoms with van der Waals surface area (Å²) in [5, 5.41) is 0.649. The molecule has 140 valence electrons. The summed E-state index contributed by atoms with van der Waals surface area (Å²) in [7, 11) is -3.16. The number of esters is 1. The third-order valence-corrected chi connectivity index (χ3v) is 5.45. The quantitative estimate of drug-likeness (QED) is 0.515. The van der Waals surface area contributed by atoms with E-state index in [0.29, 0.717) is 10.6 Å². The van der Waals surface area contributed by atoms with Crippen LogP contribution in [0.25, 0.3) is 0 Å². The van der Waals surface area contributed by atoms with Crippen LogP contribution in [0.15, 0.2) is 42.5 Å². The fourth-order valence-corrected chi connectivity index (χ4v) is 3.49.